The zero-order valence-corrected chi connectivity index (χ0v) is 21.0. The number of carboxylic acid groups (broad SMARTS) is 1. The van der Waals surface area contributed by atoms with E-state index >= 15 is 0 Å². The Kier molecular flexibility index (Phi) is 15.4. The van der Waals surface area contributed by atoms with Crippen LogP contribution in [-0.4, -0.2) is 70.8 Å². The minimum Gasteiger partial charge on any atom is -0.480 e. The average Bonchev–Trinajstić information content (AvgIpc) is 3.11. The van der Waals surface area contributed by atoms with E-state index in [4.69, 9.17) is 5.73 Å². The summed E-state index contributed by atoms with van der Waals surface area (Å²) < 4.78 is 0. The van der Waals surface area contributed by atoms with E-state index in [2.05, 4.69) is 16.0 Å². The summed E-state index contributed by atoms with van der Waals surface area (Å²) in [5, 5.41) is 16.8. The molecule has 0 fully saturated rings. The van der Waals surface area contributed by atoms with Crippen LogP contribution in [0.3, 0.4) is 0 Å². The summed E-state index contributed by atoms with van der Waals surface area (Å²) in [5.41, 5.74) is 4.95. The van der Waals surface area contributed by atoms with Gasteiger partial charge in [-0.25, -0.2) is 9.59 Å². The standard InChI is InChI=1S/C21H33N5O7.C2H6/c1-13(2)18(19(30)24-14(20(31)32)7-6-11-23-21(22)33)25-15(27)8-4-3-5-12-26-16(28)9-10-17(26)29;1-2/h9-10,13-14,18H,3-8,11-12H2,1-2H3,(H,24,30)(H,25,27)(H,31,32)(H3,22,23,33);1-2H3/t14?,18-;/m0./s1. The molecule has 1 rings (SSSR count). The highest BCUT2D eigenvalue weighted by Gasteiger charge is 2.28. The number of hydrogen-bond donors (Lipinski definition) is 5. The normalized spacial score (nSPS) is 14.1. The second kappa shape index (κ2) is 17.1. The van der Waals surface area contributed by atoms with Crippen molar-refractivity contribution in [3.05, 3.63) is 12.2 Å². The monoisotopic (exact) mass is 497 g/mol. The third-order valence-corrected chi connectivity index (χ3v) is 5.04. The van der Waals surface area contributed by atoms with Crippen LogP contribution in [0.2, 0.25) is 0 Å². The zero-order chi connectivity index (χ0) is 27.0. The van der Waals surface area contributed by atoms with Crippen LogP contribution in [0.5, 0.6) is 0 Å². The van der Waals surface area contributed by atoms with Crippen molar-refractivity contribution < 1.29 is 33.9 Å². The second-order valence-corrected chi connectivity index (χ2v) is 8.09. The molecule has 6 amide bonds. The molecule has 1 aliphatic rings. The van der Waals surface area contributed by atoms with E-state index in [0.29, 0.717) is 25.7 Å². The Bertz CT molecular complexity index is 764. The van der Waals surface area contributed by atoms with Gasteiger partial charge in [0.1, 0.15) is 12.1 Å². The fourth-order valence-corrected chi connectivity index (χ4v) is 3.20. The number of amides is 6. The van der Waals surface area contributed by atoms with Crippen molar-refractivity contribution in [2.45, 2.75) is 78.3 Å². The zero-order valence-electron chi connectivity index (χ0n) is 21.0. The van der Waals surface area contributed by atoms with Crippen molar-refractivity contribution in [3.8, 4) is 0 Å². The minimum atomic E-state index is -1.22. The SMILES string of the molecule is CC.CC(C)[C@H](NC(=O)CCCCCN1C(=O)C=CC1=O)C(=O)NC(CCCNC(N)=O)C(=O)O. The first-order valence-corrected chi connectivity index (χ1v) is 11.9. The van der Waals surface area contributed by atoms with E-state index in [9.17, 15) is 33.9 Å². The lowest BCUT2D eigenvalue weighted by molar-refractivity contribution is -0.142. The molecule has 0 spiro atoms. The summed E-state index contributed by atoms with van der Waals surface area (Å²) in [7, 11) is 0. The van der Waals surface area contributed by atoms with E-state index < -0.39 is 30.0 Å². The third-order valence-electron chi connectivity index (χ3n) is 5.04. The number of aliphatic carboxylic acids is 1. The maximum Gasteiger partial charge on any atom is 0.326 e. The fraction of sp³-hybridized carbons (Fsp3) is 0.652. The van der Waals surface area contributed by atoms with Gasteiger partial charge in [0, 0.05) is 31.7 Å². The molecule has 0 radical (unpaired) electrons. The molecule has 0 aromatic heterocycles. The first-order valence-electron chi connectivity index (χ1n) is 11.9. The Hall–Kier alpha value is -3.44. The summed E-state index contributed by atoms with van der Waals surface area (Å²) in [6.07, 6.45) is 4.65. The molecule has 0 aliphatic carbocycles. The summed E-state index contributed by atoms with van der Waals surface area (Å²) in [5.74, 6) is -3.13. The third kappa shape index (κ3) is 12.6. The number of hydrogen-bond acceptors (Lipinski definition) is 6. The first-order chi connectivity index (χ1) is 16.5. The topological polar surface area (TPSA) is 188 Å². The first kappa shape index (κ1) is 31.6. The van der Waals surface area contributed by atoms with Gasteiger partial charge in [-0.2, -0.15) is 0 Å². The van der Waals surface area contributed by atoms with Crippen LogP contribution in [0.1, 0.15) is 66.2 Å². The van der Waals surface area contributed by atoms with Crippen LogP contribution in [0.25, 0.3) is 0 Å². The van der Waals surface area contributed by atoms with E-state index in [1.54, 1.807) is 13.8 Å². The van der Waals surface area contributed by atoms with Crippen molar-refractivity contribution in [3.63, 3.8) is 0 Å². The van der Waals surface area contributed by atoms with Crippen LogP contribution in [0, 0.1) is 5.92 Å². The lowest BCUT2D eigenvalue weighted by atomic mass is 10.0. The van der Waals surface area contributed by atoms with Gasteiger partial charge in [0.05, 0.1) is 0 Å². The van der Waals surface area contributed by atoms with Crippen LogP contribution >= 0.6 is 0 Å². The maximum absolute atomic E-state index is 12.6. The predicted octanol–water partition coefficient (Wildman–Crippen LogP) is 0.657. The summed E-state index contributed by atoms with van der Waals surface area (Å²) in [4.78, 5) is 71.1. The second-order valence-electron chi connectivity index (χ2n) is 8.09. The molecule has 1 unspecified atom stereocenters. The Morgan fingerprint density at radius 2 is 1.57 bits per heavy atom. The van der Waals surface area contributed by atoms with Gasteiger partial charge < -0.3 is 26.8 Å². The molecule has 0 saturated carbocycles. The number of urea groups is 1. The number of carbonyl (C=O) groups is 6. The predicted molar refractivity (Wildman–Crippen MR) is 129 cm³/mol. The van der Waals surface area contributed by atoms with E-state index in [0.717, 1.165) is 4.90 Å². The summed E-state index contributed by atoms with van der Waals surface area (Å²) in [6.45, 7) is 7.93. The van der Waals surface area contributed by atoms with E-state index in [-0.39, 0.29) is 49.6 Å². The molecule has 12 heteroatoms. The van der Waals surface area contributed by atoms with Gasteiger partial charge in [0.2, 0.25) is 11.8 Å². The molecule has 0 aromatic rings. The molecule has 1 aliphatic heterocycles. The molecule has 12 nitrogen and oxygen atoms in total. The smallest absolute Gasteiger partial charge is 0.326 e. The molecular weight excluding hydrogens is 458 g/mol. The number of carbonyl (C=O) groups excluding carboxylic acids is 5. The number of nitrogens with two attached hydrogens (primary N) is 1. The lowest BCUT2D eigenvalue weighted by Crippen LogP contribution is -2.53. The maximum atomic E-state index is 12.6. The van der Waals surface area contributed by atoms with Gasteiger partial charge in [0.15, 0.2) is 0 Å². The number of rotatable bonds is 15. The molecule has 0 bridgehead atoms. The van der Waals surface area contributed by atoms with Gasteiger partial charge in [-0.05, 0) is 31.6 Å². The Morgan fingerprint density at radius 1 is 0.971 bits per heavy atom. The highest BCUT2D eigenvalue weighted by molar-refractivity contribution is 6.12. The molecule has 0 saturated heterocycles. The van der Waals surface area contributed by atoms with Crippen LogP contribution in [0.15, 0.2) is 12.2 Å². The van der Waals surface area contributed by atoms with Crippen molar-refractivity contribution in [1.29, 1.82) is 0 Å². The molecular formula is C23H39N5O7. The quantitative estimate of drug-likeness (QED) is 0.162. The Balaban J connectivity index is 0.00000562. The number of imide groups is 1. The van der Waals surface area contributed by atoms with E-state index in [1.165, 1.54) is 12.2 Å². The number of nitrogens with one attached hydrogen (secondary N) is 3. The minimum absolute atomic E-state index is 0.0810. The number of primary amides is 1. The van der Waals surface area contributed by atoms with Gasteiger partial charge in [-0.15, -0.1) is 0 Å². The van der Waals surface area contributed by atoms with Crippen LogP contribution < -0.4 is 21.7 Å². The number of nitrogens with zero attached hydrogens (tertiary/aromatic N) is 1. The Morgan fingerprint density at radius 3 is 2.09 bits per heavy atom. The number of unbranched alkanes of at least 4 members (excludes halogenated alkanes) is 2. The molecule has 198 valence electrons. The fourth-order valence-electron chi connectivity index (χ4n) is 3.20. The molecule has 6 N–H and O–H groups in total. The average molecular weight is 498 g/mol. The molecule has 35 heavy (non-hydrogen) atoms. The highest BCUT2D eigenvalue weighted by atomic mass is 16.4. The summed E-state index contributed by atoms with van der Waals surface area (Å²) >= 11 is 0. The Labute approximate surface area is 206 Å². The van der Waals surface area contributed by atoms with Gasteiger partial charge in [0.25, 0.3) is 11.8 Å². The van der Waals surface area contributed by atoms with E-state index in [1.807, 2.05) is 13.8 Å². The van der Waals surface area contributed by atoms with Crippen molar-refractivity contribution in [2.24, 2.45) is 11.7 Å². The van der Waals surface area contributed by atoms with Gasteiger partial charge >= 0.3 is 12.0 Å². The summed E-state index contributed by atoms with van der Waals surface area (Å²) in [6, 6.07) is -2.80. The lowest BCUT2D eigenvalue weighted by Gasteiger charge is -2.24. The molecule has 1 heterocycles. The van der Waals surface area contributed by atoms with Crippen molar-refractivity contribution >= 4 is 35.6 Å². The number of carboxylic acids is 1. The van der Waals surface area contributed by atoms with Crippen molar-refractivity contribution in [1.82, 2.24) is 20.9 Å². The van der Waals surface area contributed by atoms with Crippen molar-refractivity contribution in [2.75, 3.05) is 13.1 Å². The van der Waals surface area contributed by atoms with Crippen LogP contribution in [-0.2, 0) is 24.0 Å². The largest absolute Gasteiger partial charge is 0.480 e. The molecule has 0 aromatic carbocycles. The van der Waals surface area contributed by atoms with Crippen LogP contribution in [0.4, 0.5) is 4.79 Å². The van der Waals surface area contributed by atoms with Gasteiger partial charge in [-0.1, -0.05) is 34.1 Å². The van der Waals surface area contributed by atoms with Gasteiger partial charge in [-0.3, -0.25) is 24.1 Å². The highest BCUT2D eigenvalue weighted by Crippen LogP contribution is 2.09. The molecule has 2 atom stereocenters.